The minimum Gasteiger partial charge on any atom is -0.352 e. The Morgan fingerprint density at radius 2 is 1.83 bits per heavy atom. The predicted octanol–water partition coefficient (Wildman–Crippen LogP) is 0.753. The summed E-state index contributed by atoms with van der Waals surface area (Å²) in [5, 5.41) is 8.59. The van der Waals surface area contributed by atoms with Crippen molar-refractivity contribution >= 4 is 11.7 Å². The third-order valence-electron chi connectivity index (χ3n) is 4.86. The van der Waals surface area contributed by atoms with Crippen LogP contribution in [-0.4, -0.2) is 61.7 Å². The van der Waals surface area contributed by atoms with Crippen LogP contribution in [0, 0.1) is 6.92 Å². The number of amides is 1. The average molecular weight is 391 g/mol. The normalized spacial score (nSPS) is 14.1. The zero-order chi connectivity index (χ0) is 20.2. The molecule has 0 aliphatic carbocycles. The smallest absolute Gasteiger partial charge is 0.253 e. The molecular weight excluding hydrogens is 370 g/mol. The van der Waals surface area contributed by atoms with Gasteiger partial charge in [0.1, 0.15) is 12.2 Å². The van der Waals surface area contributed by atoms with E-state index in [4.69, 9.17) is 0 Å². The number of hydrogen-bond donors (Lipinski definition) is 0. The molecule has 0 bridgehead atoms. The van der Waals surface area contributed by atoms with Gasteiger partial charge in [0.25, 0.3) is 5.56 Å². The highest BCUT2D eigenvalue weighted by Crippen LogP contribution is 2.17. The lowest BCUT2D eigenvalue weighted by Crippen LogP contribution is -2.50. The molecule has 0 N–H and O–H groups in total. The van der Waals surface area contributed by atoms with Crippen molar-refractivity contribution < 1.29 is 4.79 Å². The molecule has 0 saturated carbocycles. The molecule has 1 aliphatic heterocycles. The van der Waals surface area contributed by atoms with E-state index in [9.17, 15) is 9.59 Å². The summed E-state index contributed by atoms with van der Waals surface area (Å²) in [6.45, 7) is 4.20. The molecule has 1 saturated heterocycles. The maximum atomic E-state index is 12.5. The number of carbonyl (C=O) groups excluding carboxylic acids is 1. The first-order chi connectivity index (χ1) is 14.1. The number of anilines is 1. The minimum atomic E-state index is -0.215. The Labute approximate surface area is 167 Å². The number of nitrogens with zero attached hydrogens (tertiary/aromatic N) is 7. The Hall–Kier alpha value is -3.62. The molecule has 0 radical (unpaired) electrons. The molecule has 3 aromatic heterocycles. The van der Waals surface area contributed by atoms with Crippen LogP contribution in [0.4, 0.5) is 5.82 Å². The summed E-state index contributed by atoms with van der Waals surface area (Å²) in [4.78, 5) is 36.7. The number of piperazine rings is 1. The molecule has 4 heterocycles. The van der Waals surface area contributed by atoms with Crippen molar-refractivity contribution in [2.45, 2.75) is 13.5 Å². The average Bonchev–Trinajstić information content (AvgIpc) is 2.76. The Kier molecular flexibility index (Phi) is 5.28. The molecule has 1 amide bonds. The van der Waals surface area contributed by atoms with Gasteiger partial charge in [-0.15, -0.1) is 10.2 Å². The largest absolute Gasteiger partial charge is 0.352 e. The summed E-state index contributed by atoms with van der Waals surface area (Å²) < 4.78 is 1.34. The van der Waals surface area contributed by atoms with E-state index in [1.165, 1.54) is 17.0 Å². The molecule has 0 atom stereocenters. The fourth-order valence-corrected chi connectivity index (χ4v) is 3.21. The van der Waals surface area contributed by atoms with Gasteiger partial charge in [-0.1, -0.05) is 6.07 Å². The molecule has 0 unspecified atom stereocenters. The van der Waals surface area contributed by atoms with Gasteiger partial charge in [0.15, 0.2) is 5.82 Å². The third kappa shape index (κ3) is 4.29. The van der Waals surface area contributed by atoms with Gasteiger partial charge < -0.3 is 9.80 Å². The summed E-state index contributed by atoms with van der Waals surface area (Å²) in [6.07, 6.45) is 3.15. The van der Waals surface area contributed by atoms with Crippen molar-refractivity contribution in [3.8, 4) is 11.4 Å². The molecule has 9 nitrogen and oxygen atoms in total. The van der Waals surface area contributed by atoms with Crippen molar-refractivity contribution in [1.29, 1.82) is 0 Å². The van der Waals surface area contributed by atoms with E-state index in [1.807, 2.05) is 30.3 Å². The molecule has 1 aliphatic rings. The number of rotatable bonds is 4. The summed E-state index contributed by atoms with van der Waals surface area (Å²) in [7, 11) is 0. The van der Waals surface area contributed by atoms with E-state index in [2.05, 4.69) is 25.1 Å². The fourth-order valence-electron chi connectivity index (χ4n) is 3.21. The first kappa shape index (κ1) is 18.7. The highest BCUT2D eigenvalue weighted by molar-refractivity contribution is 5.76. The molecule has 9 heteroatoms. The second-order valence-corrected chi connectivity index (χ2v) is 6.86. The lowest BCUT2D eigenvalue weighted by atomic mass is 10.2. The van der Waals surface area contributed by atoms with E-state index in [0.29, 0.717) is 31.9 Å². The van der Waals surface area contributed by atoms with Crippen LogP contribution in [0.3, 0.4) is 0 Å². The minimum absolute atomic E-state index is 0.00465. The Bertz CT molecular complexity index is 1040. The predicted molar refractivity (Wildman–Crippen MR) is 107 cm³/mol. The van der Waals surface area contributed by atoms with Gasteiger partial charge in [0.05, 0.1) is 12.0 Å². The first-order valence-electron chi connectivity index (χ1n) is 9.41. The van der Waals surface area contributed by atoms with Gasteiger partial charge in [-0.05, 0) is 31.2 Å². The lowest BCUT2D eigenvalue weighted by Gasteiger charge is -2.35. The second kappa shape index (κ2) is 8.17. The van der Waals surface area contributed by atoms with Gasteiger partial charge >= 0.3 is 0 Å². The SMILES string of the molecule is Cc1cc(=O)n(CC(=O)N2CCN(c3ccc(-c4ccccn4)nn3)CC2)cn1. The number of pyridine rings is 1. The van der Waals surface area contributed by atoms with Crippen molar-refractivity contribution in [2.24, 2.45) is 0 Å². The number of hydrogen-bond acceptors (Lipinski definition) is 7. The number of aromatic nitrogens is 5. The zero-order valence-electron chi connectivity index (χ0n) is 16.1. The quantitative estimate of drug-likeness (QED) is 0.647. The number of carbonyl (C=O) groups is 1. The van der Waals surface area contributed by atoms with Gasteiger partial charge in [-0.3, -0.25) is 19.1 Å². The van der Waals surface area contributed by atoms with Crippen LogP contribution < -0.4 is 10.5 Å². The molecule has 4 rings (SSSR count). The van der Waals surface area contributed by atoms with Gasteiger partial charge in [0.2, 0.25) is 5.91 Å². The van der Waals surface area contributed by atoms with Crippen molar-refractivity contribution in [3.63, 3.8) is 0 Å². The van der Waals surface area contributed by atoms with E-state index in [-0.39, 0.29) is 18.0 Å². The van der Waals surface area contributed by atoms with E-state index >= 15 is 0 Å². The maximum Gasteiger partial charge on any atom is 0.253 e. The molecule has 3 aromatic rings. The molecule has 0 aromatic carbocycles. The molecule has 29 heavy (non-hydrogen) atoms. The van der Waals surface area contributed by atoms with Gasteiger partial charge in [-0.25, -0.2) is 4.98 Å². The fraction of sp³-hybridized carbons (Fsp3) is 0.300. The summed E-state index contributed by atoms with van der Waals surface area (Å²) in [5.74, 6) is 0.685. The van der Waals surface area contributed by atoms with E-state index < -0.39 is 0 Å². The Morgan fingerprint density at radius 3 is 2.48 bits per heavy atom. The highest BCUT2D eigenvalue weighted by Gasteiger charge is 2.22. The lowest BCUT2D eigenvalue weighted by molar-refractivity contribution is -0.132. The second-order valence-electron chi connectivity index (χ2n) is 6.86. The van der Waals surface area contributed by atoms with Gasteiger partial charge in [-0.2, -0.15) is 0 Å². The monoisotopic (exact) mass is 391 g/mol. The van der Waals surface area contributed by atoms with Crippen LogP contribution in [-0.2, 0) is 11.3 Å². The summed E-state index contributed by atoms with van der Waals surface area (Å²) in [6, 6.07) is 10.9. The van der Waals surface area contributed by atoms with Crippen molar-refractivity contribution in [3.05, 3.63) is 65.0 Å². The van der Waals surface area contributed by atoms with Gasteiger partial charge in [0, 0.05) is 44.1 Å². The van der Waals surface area contributed by atoms with Crippen molar-refractivity contribution in [1.82, 2.24) is 29.6 Å². The van der Waals surface area contributed by atoms with E-state index in [1.54, 1.807) is 18.0 Å². The summed E-state index contributed by atoms with van der Waals surface area (Å²) in [5.41, 5.74) is 1.93. The molecular formula is C20H21N7O2. The topological polar surface area (TPSA) is 97.1 Å². The zero-order valence-corrected chi connectivity index (χ0v) is 16.1. The molecule has 1 fully saturated rings. The maximum absolute atomic E-state index is 12.5. The highest BCUT2D eigenvalue weighted by atomic mass is 16.2. The summed E-state index contributed by atoms with van der Waals surface area (Å²) >= 11 is 0. The Balaban J connectivity index is 1.35. The number of aryl methyl sites for hydroxylation is 1. The standard InChI is InChI=1S/C20H21N7O2/c1-15-12-19(28)27(14-22-15)13-20(29)26-10-8-25(9-11-26)18-6-5-17(23-24-18)16-4-2-3-7-21-16/h2-7,12,14H,8-11,13H2,1H3. The van der Waals surface area contributed by atoms with Crippen LogP contribution in [0.25, 0.3) is 11.4 Å². The Morgan fingerprint density at radius 1 is 1.00 bits per heavy atom. The van der Waals surface area contributed by atoms with E-state index in [0.717, 1.165) is 17.2 Å². The molecule has 0 spiro atoms. The first-order valence-corrected chi connectivity index (χ1v) is 9.41. The van der Waals surface area contributed by atoms with Crippen LogP contribution in [0.5, 0.6) is 0 Å². The van der Waals surface area contributed by atoms with Crippen LogP contribution in [0.15, 0.2) is 53.7 Å². The molecule has 148 valence electrons. The van der Waals surface area contributed by atoms with Crippen molar-refractivity contribution in [2.75, 3.05) is 31.1 Å². The van der Waals surface area contributed by atoms with Crippen LogP contribution in [0.2, 0.25) is 0 Å². The third-order valence-corrected chi connectivity index (χ3v) is 4.86. The van der Waals surface area contributed by atoms with Crippen LogP contribution in [0.1, 0.15) is 5.69 Å². The van der Waals surface area contributed by atoms with Crippen LogP contribution >= 0.6 is 0 Å².